The molecule has 1 rings (SSSR count). The summed E-state index contributed by atoms with van der Waals surface area (Å²) in [7, 11) is 3.61. The van der Waals surface area contributed by atoms with Crippen LogP contribution in [-0.2, 0) is 16.6 Å². The van der Waals surface area contributed by atoms with E-state index < -0.39 is 0 Å². The second-order valence-corrected chi connectivity index (χ2v) is 4.63. The van der Waals surface area contributed by atoms with Gasteiger partial charge in [0.05, 0.1) is 6.61 Å². The van der Waals surface area contributed by atoms with E-state index >= 15 is 0 Å². The lowest BCUT2D eigenvalue weighted by Crippen LogP contribution is -2.21. The summed E-state index contributed by atoms with van der Waals surface area (Å²) in [5.41, 5.74) is 0. The Kier molecular flexibility index (Phi) is 5.12. The molecule has 0 spiro atoms. The van der Waals surface area contributed by atoms with Crippen LogP contribution in [0.5, 0.6) is 0 Å². The van der Waals surface area contributed by atoms with Crippen molar-refractivity contribution in [2.75, 3.05) is 19.0 Å². The van der Waals surface area contributed by atoms with E-state index in [1.807, 2.05) is 7.05 Å². The van der Waals surface area contributed by atoms with E-state index in [2.05, 4.69) is 29.4 Å². The van der Waals surface area contributed by atoms with Gasteiger partial charge >= 0.3 is 5.97 Å². The maximum atomic E-state index is 12.0. The monoisotopic (exact) mass is 254 g/mol. The Balaban J connectivity index is 3.01. The number of carbonyl (C=O) groups is 1. The highest BCUT2D eigenvalue weighted by Gasteiger charge is 2.28. The van der Waals surface area contributed by atoms with E-state index in [0.717, 1.165) is 0 Å². The number of carbonyl (C=O) groups excluding carboxylic acids is 1. The van der Waals surface area contributed by atoms with Crippen molar-refractivity contribution in [2.45, 2.75) is 33.1 Å². The minimum atomic E-state index is -0.357. The van der Waals surface area contributed by atoms with Crippen LogP contribution >= 0.6 is 0 Å². The van der Waals surface area contributed by atoms with Gasteiger partial charge in [-0.1, -0.05) is 13.8 Å². The molecule has 1 unspecified atom stereocenters. The molecule has 1 atom stereocenters. The van der Waals surface area contributed by atoms with E-state index in [9.17, 15) is 4.79 Å². The van der Waals surface area contributed by atoms with Crippen LogP contribution in [0.2, 0.25) is 0 Å². The molecule has 6 heteroatoms. The van der Waals surface area contributed by atoms with Gasteiger partial charge in [-0.05, 0) is 19.3 Å². The summed E-state index contributed by atoms with van der Waals surface area (Å²) in [5.74, 6) is 1.08. The van der Waals surface area contributed by atoms with E-state index in [1.165, 1.54) is 0 Å². The first kappa shape index (κ1) is 14.5. The number of hydrogen-bond acceptors (Lipinski definition) is 5. The van der Waals surface area contributed by atoms with E-state index in [4.69, 9.17) is 4.74 Å². The SMILES string of the molecule is CCOC(=O)C(CC(C)C)c1nnc(NC)n1C. The smallest absolute Gasteiger partial charge is 0.316 e. The van der Waals surface area contributed by atoms with Crippen molar-refractivity contribution in [3.05, 3.63) is 5.82 Å². The lowest BCUT2D eigenvalue weighted by atomic mass is 9.96. The fourth-order valence-corrected chi connectivity index (χ4v) is 1.88. The molecule has 6 nitrogen and oxygen atoms in total. The average molecular weight is 254 g/mol. The van der Waals surface area contributed by atoms with Crippen molar-refractivity contribution in [2.24, 2.45) is 13.0 Å². The Morgan fingerprint density at radius 3 is 2.56 bits per heavy atom. The van der Waals surface area contributed by atoms with E-state index in [-0.39, 0.29) is 11.9 Å². The van der Waals surface area contributed by atoms with Gasteiger partial charge in [-0.3, -0.25) is 9.36 Å². The second-order valence-electron chi connectivity index (χ2n) is 4.63. The molecule has 0 aliphatic carbocycles. The normalized spacial score (nSPS) is 12.6. The van der Waals surface area contributed by atoms with Gasteiger partial charge < -0.3 is 10.1 Å². The summed E-state index contributed by atoms with van der Waals surface area (Å²) in [5, 5.41) is 11.0. The largest absolute Gasteiger partial charge is 0.465 e. The average Bonchev–Trinajstić information content (AvgIpc) is 2.67. The lowest BCUT2D eigenvalue weighted by Gasteiger charge is -2.16. The Morgan fingerprint density at radius 2 is 2.11 bits per heavy atom. The quantitative estimate of drug-likeness (QED) is 0.780. The summed E-state index contributed by atoms with van der Waals surface area (Å²) >= 11 is 0. The number of rotatable bonds is 6. The number of hydrogen-bond donors (Lipinski definition) is 1. The van der Waals surface area contributed by atoms with Crippen LogP contribution in [0.25, 0.3) is 0 Å². The number of esters is 1. The number of aromatic nitrogens is 3. The molecular weight excluding hydrogens is 232 g/mol. The number of anilines is 1. The third-order valence-corrected chi connectivity index (χ3v) is 2.72. The molecule has 1 aromatic rings. The van der Waals surface area contributed by atoms with Crippen LogP contribution in [0.3, 0.4) is 0 Å². The van der Waals surface area contributed by atoms with Crippen LogP contribution in [0.1, 0.15) is 38.9 Å². The fraction of sp³-hybridized carbons (Fsp3) is 0.750. The van der Waals surface area contributed by atoms with Crippen LogP contribution < -0.4 is 5.32 Å². The van der Waals surface area contributed by atoms with Gasteiger partial charge in [0.25, 0.3) is 0 Å². The molecule has 1 aromatic heterocycles. The Hall–Kier alpha value is -1.59. The van der Waals surface area contributed by atoms with Gasteiger partial charge in [-0.25, -0.2) is 0 Å². The van der Waals surface area contributed by atoms with Crippen LogP contribution in [0.4, 0.5) is 5.95 Å². The number of nitrogens with zero attached hydrogens (tertiary/aromatic N) is 3. The molecule has 0 amide bonds. The van der Waals surface area contributed by atoms with Crippen molar-refractivity contribution in [1.29, 1.82) is 0 Å². The molecule has 18 heavy (non-hydrogen) atoms. The highest BCUT2D eigenvalue weighted by Crippen LogP contribution is 2.25. The molecule has 0 saturated carbocycles. The molecule has 0 bridgehead atoms. The van der Waals surface area contributed by atoms with Gasteiger partial charge in [0.1, 0.15) is 11.7 Å². The highest BCUT2D eigenvalue weighted by molar-refractivity contribution is 5.77. The van der Waals surface area contributed by atoms with Crippen molar-refractivity contribution < 1.29 is 9.53 Å². The maximum Gasteiger partial charge on any atom is 0.316 e. The summed E-state index contributed by atoms with van der Waals surface area (Å²) < 4.78 is 6.91. The summed E-state index contributed by atoms with van der Waals surface area (Å²) in [6.07, 6.45) is 0.703. The van der Waals surface area contributed by atoms with Gasteiger partial charge in [0.15, 0.2) is 0 Å². The predicted octanol–water partition coefficient (Wildman–Crippen LogP) is 1.55. The first-order valence-electron chi connectivity index (χ1n) is 6.24. The summed E-state index contributed by atoms with van der Waals surface area (Å²) in [4.78, 5) is 12.0. The molecule has 0 fully saturated rings. The zero-order valence-corrected chi connectivity index (χ0v) is 11.7. The topological polar surface area (TPSA) is 69.0 Å². The summed E-state index contributed by atoms with van der Waals surface area (Å²) in [6.45, 7) is 6.33. The molecule has 0 aliphatic rings. The third kappa shape index (κ3) is 3.21. The molecule has 0 aliphatic heterocycles. The van der Waals surface area contributed by atoms with Crippen LogP contribution in [-0.4, -0.2) is 34.4 Å². The molecule has 0 aromatic carbocycles. The van der Waals surface area contributed by atoms with Gasteiger partial charge in [-0.2, -0.15) is 0 Å². The molecular formula is C12H22N4O2. The fourth-order valence-electron chi connectivity index (χ4n) is 1.88. The van der Waals surface area contributed by atoms with Crippen molar-refractivity contribution in [1.82, 2.24) is 14.8 Å². The van der Waals surface area contributed by atoms with Gasteiger partial charge in [-0.15, -0.1) is 10.2 Å². The Bertz CT molecular complexity index is 401. The molecule has 0 saturated heterocycles. The molecule has 0 radical (unpaired) electrons. The molecule has 102 valence electrons. The van der Waals surface area contributed by atoms with Crippen molar-refractivity contribution in [3.8, 4) is 0 Å². The number of ether oxygens (including phenoxy) is 1. The maximum absolute atomic E-state index is 12.0. The van der Waals surface area contributed by atoms with Gasteiger partial charge in [0.2, 0.25) is 5.95 Å². The van der Waals surface area contributed by atoms with Crippen molar-refractivity contribution in [3.63, 3.8) is 0 Å². The van der Waals surface area contributed by atoms with E-state index in [0.29, 0.717) is 30.7 Å². The first-order valence-corrected chi connectivity index (χ1v) is 6.24. The van der Waals surface area contributed by atoms with Gasteiger partial charge in [0, 0.05) is 14.1 Å². The summed E-state index contributed by atoms with van der Waals surface area (Å²) in [6, 6.07) is 0. The standard InChI is InChI=1S/C12H22N4O2/c1-6-18-11(17)9(7-8(2)3)10-14-15-12(13-4)16(10)5/h8-9H,6-7H2,1-5H3,(H,13,15). The first-order chi connectivity index (χ1) is 8.51. The Morgan fingerprint density at radius 1 is 1.44 bits per heavy atom. The third-order valence-electron chi connectivity index (χ3n) is 2.72. The van der Waals surface area contributed by atoms with Crippen LogP contribution in [0, 0.1) is 5.92 Å². The van der Waals surface area contributed by atoms with Crippen molar-refractivity contribution >= 4 is 11.9 Å². The molecule has 1 heterocycles. The zero-order valence-electron chi connectivity index (χ0n) is 11.7. The Labute approximate surface area is 108 Å². The predicted molar refractivity (Wildman–Crippen MR) is 69.4 cm³/mol. The number of nitrogens with one attached hydrogen (secondary N) is 1. The zero-order chi connectivity index (χ0) is 13.7. The minimum Gasteiger partial charge on any atom is -0.465 e. The molecule has 1 N–H and O–H groups in total. The minimum absolute atomic E-state index is 0.232. The second kappa shape index (κ2) is 6.37. The van der Waals surface area contributed by atoms with E-state index in [1.54, 1.807) is 18.5 Å². The van der Waals surface area contributed by atoms with Crippen LogP contribution in [0.15, 0.2) is 0 Å². The lowest BCUT2D eigenvalue weighted by molar-refractivity contribution is -0.145. The highest BCUT2D eigenvalue weighted by atomic mass is 16.5.